The summed E-state index contributed by atoms with van der Waals surface area (Å²) in [7, 11) is -0.644. The molecule has 0 radical (unpaired) electrons. The fourth-order valence-corrected chi connectivity index (χ4v) is 3.21. The first kappa shape index (κ1) is 12.5. The van der Waals surface area contributed by atoms with Crippen LogP contribution in [0.15, 0.2) is 0 Å². The highest BCUT2D eigenvalue weighted by Crippen LogP contribution is 2.29. The highest BCUT2D eigenvalue weighted by molar-refractivity contribution is 7.84. The molecule has 0 aromatic carbocycles. The van der Waals surface area contributed by atoms with Gasteiger partial charge >= 0.3 is 0 Å². The molecule has 1 saturated heterocycles. The molecule has 1 heterocycles. The molecule has 1 saturated carbocycles. The lowest BCUT2D eigenvalue weighted by molar-refractivity contribution is 0.313. The van der Waals surface area contributed by atoms with Gasteiger partial charge in [0, 0.05) is 54.0 Å². The van der Waals surface area contributed by atoms with Gasteiger partial charge in [-0.3, -0.25) is 9.11 Å². The summed E-state index contributed by atoms with van der Waals surface area (Å²) in [6.07, 6.45) is 6.93. The highest BCUT2D eigenvalue weighted by atomic mass is 32.2. The molecule has 2 rings (SSSR count). The molecule has 0 bridgehead atoms. The summed E-state index contributed by atoms with van der Waals surface area (Å²) < 4.78 is 11.0. The van der Waals surface area contributed by atoms with Gasteiger partial charge in [0.2, 0.25) is 0 Å². The van der Waals surface area contributed by atoms with Gasteiger partial charge in [-0.2, -0.15) is 0 Å². The minimum atomic E-state index is -0.644. The van der Waals surface area contributed by atoms with Gasteiger partial charge in [0.05, 0.1) is 0 Å². The van der Waals surface area contributed by atoms with Crippen LogP contribution in [0.25, 0.3) is 0 Å². The Kier molecular flexibility index (Phi) is 4.39. The van der Waals surface area contributed by atoms with E-state index >= 15 is 0 Å². The van der Waals surface area contributed by atoms with E-state index in [1.54, 1.807) is 6.26 Å². The molecule has 2 aliphatic rings. The zero-order chi connectivity index (χ0) is 11.5. The molecule has 3 unspecified atom stereocenters. The van der Waals surface area contributed by atoms with Crippen LogP contribution in [0.3, 0.4) is 0 Å². The third kappa shape index (κ3) is 3.82. The first-order chi connectivity index (χ1) is 7.65. The number of rotatable bonds is 6. The van der Waals surface area contributed by atoms with Crippen molar-refractivity contribution in [1.82, 2.24) is 10.2 Å². The van der Waals surface area contributed by atoms with E-state index in [-0.39, 0.29) is 0 Å². The van der Waals surface area contributed by atoms with Crippen molar-refractivity contribution in [3.05, 3.63) is 0 Å². The number of nitrogens with one attached hydrogen (secondary N) is 1. The van der Waals surface area contributed by atoms with Crippen molar-refractivity contribution < 1.29 is 4.21 Å². The van der Waals surface area contributed by atoms with Crippen LogP contribution in [-0.4, -0.2) is 52.3 Å². The Labute approximate surface area is 101 Å². The van der Waals surface area contributed by atoms with Gasteiger partial charge in [0.15, 0.2) is 0 Å². The largest absolute Gasteiger partial charge is 0.310 e. The van der Waals surface area contributed by atoms with E-state index in [1.807, 2.05) is 0 Å². The molecular formula is C12H24N2OS. The molecule has 94 valence electrons. The fourth-order valence-electron chi connectivity index (χ4n) is 2.52. The Bertz CT molecular complexity index is 255. The van der Waals surface area contributed by atoms with Crippen LogP contribution in [0.1, 0.15) is 32.6 Å². The van der Waals surface area contributed by atoms with Crippen molar-refractivity contribution >= 4 is 10.8 Å². The number of nitrogens with zero attached hydrogens (tertiary/aromatic N) is 1. The standard InChI is InChI=1S/C12H24N2OS/c1-10(6-8-16(2)15)13-11-5-7-14(9-11)12-3-4-12/h10-13H,3-9H2,1-2H3. The molecule has 1 aliphatic carbocycles. The normalized spacial score (nSPS) is 30.5. The molecule has 4 heteroatoms. The predicted octanol–water partition coefficient (Wildman–Crippen LogP) is 0.970. The van der Waals surface area contributed by atoms with Gasteiger partial charge in [0.25, 0.3) is 0 Å². The molecule has 1 N–H and O–H groups in total. The fraction of sp³-hybridized carbons (Fsp3) is 1.00. The van der Waals surface area contributed by atoms with Crippen molar-refractivity contribution in [2.45, 2.75) is 50.7 Å². The molecule has 0 spiro atoms. The summed E-state index contributed by atoms with van der Waals surface area (Å²) in [5.74, 6) is 0.827. The zero-order valence-electron chi connectivity index (χ0n) is 10.4. The van der Waals surface area contributed by atoms with Crippen LogP contribution >= 0.6 is 0 Å². The summed E-state index contributed by atoms with van der Waals surface area (Å²) in [4.78, 5) is 2.63. The first-order valence-corrected chi connectivity index (χ1v) is 8.18. The summed E-state index contributed by atoms with van der Waals surface area (Å²) in [6, 6.07) is 2.08. The first-order valence-electron chi connectivity index (χ1n) is 6.45. The summed E-state index contributed by atoms with van der Waals surface area (Å²) in [5, 5.41) is 3.67. The van der Waals surface area contributed by atoms with E-state index in [9.17, 15) is 4.21 Å². The van der Waals surface area contributed by atoms with E-state index in [2.05, 4.69) is 17.1 Å². The van der Waals surface area contributed by atoms with Crippen molar-refractivity contribution in [3.63, 3.8) is 0 Å². The lowest BCUT2D eigenvalue weighted by Crippen LogP contribution is -2.39. The second kappa shape index (κ2) is 5.61. The Morgan fingerprint density at radius 1 is 1.44 bits per heavy atom. The van der Waals surface area contributed by atoms with Gasteiger partial charge in [-0.15, -0.1) is 0 Å². The maximum Gasteiger partial charge on any atom is 0.0246 e. The maximum absolute atomic E-state index is 11.0. The Morgan fingerprint density at radius 2 is 2.19 bits per heavy atom. The monoisotopic (exact) mass is 244 g/mol. The van der Waals surface area contributed by atoms with E-state index in [0.29, 0.717) is 12.1 Å². The molecular weight excluding hydrogens is 220 g/mol. The molecule has 3 nitrogen and oxygen atoms in total. The van der Waals surface area contributed by atoms with Crippen molar-refractivity contribution in [2.24, 2.45) is 0 Å². The topological polar surface area (TPSA) is 32.3 Å². The Balaban J connectivity index is 1.63. The van der Waals surface area contributed by atoms with E-state index in [0.717, 1.165) is 18.2 Å². The molecule has 2 fully saturated rings. The smallest absolute Gasteiger partial charge is 0.0246 e. The zero-order valence-corrected chi connectivity index (χ0v) is 11.3. The van der Waals surface area contributed by atoms with Crippen LogP contribution in [-0.2, 0) is 10.8 Å². The van der Waals surface area contributed by atoms with Gasteiger partial charge in [-0.05, 0) is 32.6 Å². The van der Waals surface area contributed by atoms with Crippen LogP contribution in [0.2, 0.25) is 0 Å². The minimum absolute atomic E-state index is 0.507. The molecule has 1 aliphatic heterocycles. The average Bonchev–Trinajstić information content (AvgIpc) is 2.98. The molecule has 0 amide bonds. The van der Waals surface area contributed by atoms with Crippen LogP contribution in [0, 0.1) is 0 Å². The van der Waals surface area contributed by atoms with Crippen LogP contribution in [0.5, 0.6) is 0 Å². The molecule has 0 aromatic heterocycles. The SMILES string of the molecule is CC(CCS(C)=O)NC1CCN(C2CC2)C1. The van der Waals surface area contributed by atoms with Gasteiger partial charge in [0.1, 0.15) is 0 Å². The maximum atomic E-state index is 11.0. The highest BCUT2D eigenvalue weighted by Gasteiger charge is 2.34. The Hall–Kier alpha value is 0.0700. The van der Waals surface area contributed by atoms with Gasteiger partial charge in [-0.1, -0.05) is 0 Å². The summed E-state index contributed by atoms with van der Waals surface area (Å²) >= 11 is 0. The third-order valence-electron chi connectivity index (χ3n) is 3.64. The number of hydrogen-bond acceptors (Lipinski definition) is 3. The Morgan fingerprint density at radius 3 is 2.81 bits per heavy atom. The predicted molar refractivity (Wildman–Crippen MR) is 69.1 cm³/mol. The summed E-state index contributed by atoms with van der Waals surface area (Å²) in [6.45, 7) is 4.71. The number of hydrogen-bond donors (Lipinski definition) is 1. The van der Waals surface area contributed by atoms with Crippen molar-refractivity contribution in [1.29, 1.82) is 0 Å². The van der Waals surface area contributed by atoms with Crippen LogP contribution < -0.4 is 5.32 Å². The average molecular weight is 244 g/mol. The summed E-state index contributed by atoms with van der Waals surface area (Å²) in [5.41, 5.74) is 0. The van der Waals surface area contributed by atoms with E-state index in [1.165, 1.54) is 32.4 Å². The second-order valence-corrected chi connectivity index (χ2v) is 6.90. The third-order valence-corrected chi connectivity index (χ3v) is 4.45. The lowest BCUT2D eigenvalue weighted by Gasteiger charge is -2.20. The molecule has 3 atom stereocenters. The number of likely N-dealkylation sites (tertiary alicyclic amines) is 1. The molecule has 0 aromatic rings. The minimum Gasteiger partial charge on any atom is -0.310 e. The molecule has 16 heavy (non-hydrogen) atoms. The second-order valence-electron chi connectivity index (χ2n) is 5.35. The van der Waals surface area contributed by atoms with Crippen molar-refractivity contribution in [2.75, 3.05) is 25.1 Å². The van der Waals surface area contributed by atoms with Gasteiger partial charge in [-0.25, -0.2) is 0 Å². The quantitative estimate of drug-likeness (QED) is 0.756. The van der Waals surface area contributed by atoms with E-state index < -0.39 is 10.8 Å². The lowest BCUT2D eigenvalue weighted by atomic mass is 10.2. The van der Waals surface area contributed by atoms with Crippen molar-refractivity contribution in [3.8, 4) is 0 Å². The van der Waals surface area contributed by atoms with Crippen LogP contribution in [0.4, 0.5) is 0 Å². The van der Waals surface area contributed by atoms with E-state index in [4.69, 9.17) is 0 Å². The van der Waals surface area contributed by atoms with Gasteiger partial charge < -0.3 is 5.32 Å².